The number of nitrogens with two attached hydrogens (primary N) is 1. The highest BCUT2D eigenvalue weighted by Gasteiger charge is 2.16. The van der Waals surface area contributed by atoms with Gasteiger partial charge in [0.25, 0.3) is 0 Å². The number of hydrogen-bond donors (Lipinski definition) is 1. The number of thiazole rings is 1. The molecule has 1 heterocycles. The van der Waals surface area contributed by atoms with Gasteiger partial charge in [0.15, 0.2) is 0 Å². The largest absolute Gasteiger partial charge is 0.396 e. The van der Waals surface area contributed by atoms with Crippen LogP contribution >= 0.6 is 11.3 Å². The SMILES string of the molecule is NC(=C1CCC1)c1nc2ccccc2s1. The van der Waals surface area contributed by atoms with Crippen molar-refractivity contribution in [1.82, 2.24) is 4.98 Å². The highest BCUT2D eigenvalue weighted by Crippen LogP contribution is 2.33. The lowest BCUT2D eigenvalue weighted by Crippen LogP contribution is -2.07. The molecule has 15 heavy (non-hydrogen) atoms. The summed E-state index contributed by atoms with van der Waals surface area (Å²) in [6.07, 6.45) is 3.59. The van der Waals surface area contributed by atoms with Crippen molar-refractivity contribution in [3.8, 4) is 0 Å². The molecule has 1 aliphatic rings. The summed E-state index contributed by atoms with van der Waals surface area (Å²) in [5.41, 5.74) is 9.45. The molecule has 0 bridgehead atoms. The second kappa shape index (κ2) is 3.35. The third-order valence-corrected chi connectivity index (χ3v) is 3.93. The van der Waals surface area contributed by atoms with E-state index in [1.54, 1.807) is 11.3 Å². The molecule has 2 nitrogen and oxygen atoms in total. The van der Waals surface area contributed by atoms with E-state index in [0.29, 0.717) is 0 Å². The van der Waals surface area contributed by atoms with E-state index in [9.17, 15) is 0 Å². The number of allylic oxidation sites excluding steroid dienone is 1. The van der Waals surface area contributed by atoms with Crippen molar-refractivity contribution in [3.05, 3.63) is 34.8 Å². The molecule has 3 rings (SSSR count). The number of aromatic nitrogens is 1. The van der Waals surface area contributed by atoms with Gasteiger partial charge in [0, 0.05) is 0 Å². The van der Waals surface area contributed by atoms with Gasteiger partial charge in [-0.2, -0.15) is 0 Å². The van der Waals surface area contributed by atoms with Gasteiger partial charge >= 0.3 is 0 Å². The fourth-order valence-corrected chi connectivity index (χ4v) is 2.73. The van der Waals surface area contributed by atoms with Gasteiger partial charge in [-0.15, -0.1) is 11.3 Å². The molecule has 76 valence electrons. The molecule has 2 aromatic rings. The molecule has 1 aliphatic carbocycles. The molecule has 0 aliphatic heterocycles. The zero-order chi connectivity index (χ0) is 10.3. The first-order chi connectivity index (χ1) is 7.34. The maximum Gasteiger partial charge on any atom is 0.140 e. The fourth-order valence-electron chi connectivity index (χ4n) is 1.76. The van der Waals surface area contributed by atoms with Gasteiger partial charge < -0.3 is 5.73 Å². The van der Waals surface area contributed by atoms with Crippen LogP contribution in [0.1, 0.15) is 24.3 Å². The van der Waals surface area contributed by atoms with Crippen LogP contribution in [0.5, 0.6) is 0 Å². The van der Waals surface area contributed by atoms with E-state index in [1.807, 2.05) is 18.2 Å². The van der Waals surface area contributed by atoms with Crippen LogP contribution in [-0.2, 0) is 0 Å². The molecule has 0 spiro atoms. The summed E-state index contributed by atoms with van der Waals surface area (Å²) < 4.78 is 1.22. The second-order valence-electron chi connectivity index (χ2n) is 3.86. The minimum atomic E-state index is 0.919. The smallest absolute Gasteiger partial charge is 0.140 e. The molecule has 3 heteroatoms. The van der Waals surface area contributed by atoms with Crippen molar-refractivity contribution in [1.29, 1.82) is 0 Å². The third kappa shape index (κ3) is 1.43. The fraction of sp³-hybridized carbons (Fsp3) is 0.250. The summed E-state index contributed by atoms with van der Waals surface area (Å²) in [5.74, 6) is 0. The monoisotopic (exact) mass is 216 g/mol. The molecule has 0 atom stereocenters. The number of nitrogens with zero attached hydrogens (tertiary/aromatic N) is 1. The Morgan fingerprint density at radius 3 is 2.73 bits per heavy atom. The van der Waals surface area contributed by atoms with Crippen molar-refractivity contribution < 1.29 is 0 Å². The number of rotatable bonds is 1. The Labute approximate surface area is 92.4 Å². The van der Waals surface area contributed by atoms with Gasteiger partial charge in [-0.1, -0.05) is 12.1 Å². The van der Waals surface area contributed by atoms with Gasteiger partial charge in [0.2, 0.25) is 0 Å². The summed E-state index contributed by atoms with van der Waals surface area (Å²) in [7, 11) is 0. The minimum absolute atomic E-state index is 0.919. The van der Waals surface area contributed by atoms with Crippen LogP contribution in [0.15, 0.2) is 29.8 Å². The van der Waals surface area contributed by atoms with Crippen LogP contribution in [0.25, 0.3) is 15.9 Å². The Morgan fingerprint density at radius 2 is 2.07 bits per heavy atom. The average Bonchev–Trinajstić information content (AvgIpc) is 2.58. The van der Waals surface area contributed by atoms with Crippen LogP contribution in [0, 0.1) is 0 Å². The second-order valence-corrected chi connectivity index (χ2v) is 4.89. The number of benzene rings is 1. The van der Waals surface area contributed by atoms with Crippen LogP contribution in [0.3, 0.4) is 0 Å². The van der Waals surface area contributed by atoms with Crippen molar-refractivity contribution in [3.63, 3.8) is 0 Å². The maximum atomic E-state index is 6.09. The van der Waals surface area contributed by atoms with E-state index in [-0.39, 0.29) is 0 Å². The molecule has 0 unspecified atom stereocenters. The number of hydrogen-bond acceptors (Lipinski definition) is 3. The van der Waals surface area contributed by atoms with Crippen molar-refractivity contribution in [2.24, 2.45) is 5.73 Å². The normalized spacial score (nSPS) is 15.3. The predicted octanol–water partition coefficient (Wildman–Crippen LogP) is 3.15. The Balaban J connectivity index is 2.12. The van der Waals surface area contributed by atoms with Crippen molar-refractivity contribution >= 4 is 27.3 Å². The van der Waals surface area contributed by atoms with Crippen molar-refractivity contribution in [2.75, 3.05) is 0 Å². The Hall–Kier alpha value is -1.35. The number of fused-ring (bicyclic) bond motifs is 1. The number of para-hydroxylation sites is 1. The molecule has 0 radical (unpaired) electrons. The predicted molar refractivity (Wildman–Crippen MR) is 64.6 cm³/mol. The Kier molecular flexibility index (Phi) is 1.99. The minimum Gasteiger partial charge on any atom is -0.396 e. The van der Waals surface area contributed by atoms with Crippen LogP contribution in [0.4, 0.5) is 0 Å². The summed E-state index contributed by atoms with van der Waals surface area (Å²) in [6.45, 7) is 0. The lowest BCUT2D eigenvalue weighted by Gasteiger charge is -2.18. The van der Waals surface area contributed by atoms with E-state index >= 15 is 0 Å². The quantitative estimate of drug-likeness (QED) is 0.795. The van der Waals surface area contributed by atoms with Crippen LogP contribution in [-0.4, -0.2) is 4.98 Å². The van der Waals surface area contributed by atoms with E-state index in [4.69, 9.17) is 5.73 Å². The lowest BCUT2D eigenvalue weighted by molar-refractivity contribution is 0.664. The summed E-state index contributed by atoms with van der Waals surface area (Å²) >= 11 is 1.69. The zero-order valence-corrected chi connectivity index (χ0v) is 9.18. The molecule has 1 saturated carbocycles. The summed E-state index contributed by atoms with van der Waals surface area (Å²) in [4.78, 5) is 4.55. The van der Waals surface area contributed by atoms with Gasteiger partial charge in [-0.25, -0.2) is 4.98 Å². The topological polar surface area (TPSA) is 38.9 Å². The third-order valence-electron chi connectivity index (χ3n) is 2.86. The van der Waals surface area contributed by atoms with E-state index < -0.39 is 0 Å². The average molecular weight is 216 g/mol. The molecule has 1 fully saturated rings. The molecule has 1 aromatic carbocycles. The first-order valence-corrected chi connectivity index (χ1v) is 6.00. The molecular weight excluding hydrogens is 204 g/mol. The molecule has 1 aromatic heterocycles. The maximum absolute atomic E-state index is 6.09. The van der Waals surface area contributed by atoms with E-state index in [2.05, 4.69) is 11.1 Å². The Bertz CT molecular complexity index is 500. The van der Waals surface area contributed by atoms with Crippen LogP contribution in [0.2, 0.25) is 0 Å². The van der Waals surface area contributed by atoms with Gasteiger partial charge in [-0.05, 0) is 37.0 Å². The first kappa shape index (κ1) is 8.92. The van der Waals surface area contributed by atoms with Gasteiger partial charge in [-0.3, -0.25) is 0 Å². The molecular formula is C12H12N2S. The van der Waals surface area contributed by atoms with E-state index in [0.717, 1.165) is 29.1 Å². The molecule has 2 N–H and O–H groups in total. The van der Waals surface area contributed by atoms with Crippen molar-refractivity contribution in [2.45, 2.75) is 19.3 Å². The highest BCUT2D eigenvalue weighted by molar-refractivity contribution is 7.19. The molecule has 0 saturated heterocycles. The van der Waals surface area contributed by atoms with E-state index in [1.165, 1.54) is 16.7 Å². The lowest BCUT2D eigenvalue weighted by atomic mass is 9.91. The summed E-state index contributed by atoms with van der Waals surface area (Å²) in [5, 5.41) is 0.992. The Morgan fingerprint density at radius 1 is 1.27 bits per heavy atom. The van der Waals surface area contributed by atoms with Gasteiger partial charge in [0.1, 0.15) is 5.01 Å². The van der Waals surface area contributed by atoms with Crippen LogP contribution < -0.4 is 5.73 Å². The van der Waals surface area contributed by atoms with Gasteiger partial charge in [0.05, 0.1) is 15.9 Å². The standard InChI is InChI=1S/C12H12N2S/c13-11(8-4-3-5-8)12-14-9-6-1-2-7-10(9)15-12/h1-2,6-7H,3-5,13H2. The highest BCUT2D eigenvalue weighted by atomic mass is 32.1. The zero-order valence-electron chi connectivity index (χ0n) is 8.36. The summed E-state index contributed by atoms with van der Waals surface area (Å²) in [6, 6.07) is 8.18. The first-order valence-electron chi connectivity index (χ1n) is 5.18. The molecule has 0 amide bonds.